The fourth-order valence-corrected chi connectivity index (χ4v) is 12.0. The number of carbonyl (C=O) groups excluding carboxylic acids is 2. The molecular weight excluding hydrogens is 1140 g/mol. The molecule has 492 valence electrons. The Morgan fingerprint density at radius 1 is 0.739 bits per heavy atom. The van der Waals surface area contributed by atoms with E-state index in [2.05, 4.69) is 0 Å². The Bertz CT molecular complexity index is 2550. The number of ether oxygens (including phenoxy) is 13. The summed E-state index contributed by atoms with van der Waals surface area (Å²) in [5, 5.41) is 65.2. The third-order valence-electron chi connectivity index (χ3n) is 17.2. The van der Waals surface area contributed by atoms with Crippen LogP contribution < -0.4 is 0 Å². The van der Waals surface area contributed by atoms with E-state index in [1.165, 1.54) is 26.4 Å². The second kappa shape index (κ2) is 34.7. The maximum atomic E-state index is 15.0. The summed E-state index contributed by atoms with van der Waals surface area (Å²) < 4.78 is 80.6. The van der Waals surface area contributed by atoms with Crippen LogP contribution in [0.1, 0.15) is 92.6 Å². The van der Waals surface area contributed by atoms with Gasteiger partial charge in [-0.25, -0.2) is 4.79 Å². The van der Waals surface area contributed by atoms with Gasteiger partial charge in [0.05, 0.1) is 86.6 Å². The van der Waals surface area contributed by atoms with Crippen molar-refractivity contribution in [2.45, 2.75) is 216 Å². The third-order valence-corrected chi connectivity index (χ3v) is 17.2. The number of aliphatic hydroxyl groups is 5. The molecule has 0 aromatic heterocycles. The first-order valence-corrected chi connectivity index (χ1v) is 30.4. The Hall–Kier alpha value is -4.67. The fraction of sp³-hybridized carbons (Fsp3) is 0.652. The van der Waals surface area contributed by atoms with Crippen LogP contribution in [0.25, 0.3) is 0 Å². The number of benzene rings is 1. The van der Waals surface area contributed by atoms with E-state index < -0.39 is 152 Å². The number of methoxy groups -OCH3 is 4. The first kappa shape index (κ1) is 72.4. The molecule has 6 rings (SSSR count). The van der Waals surface area contributed by atoms with Gasteiger partial charge in [-0.1, -0.05) is 124 Å². The Morgan fingerprint density at radius 3 is 1.97 bits per heavy atom. The third kappa shape index (κ3) is 19.4. The van der Waals surface area contributed by atoms with E-state index in [0.717, 1.165) is 11.6 Å². The number of carbonyl (C=O) groups is 3. The number of rotatable bonds is 30. The SMILES string of the molecule is CO[C@H]1C[C@H](O[C@H]2[C@H](C)O[C@H](O[C@@H]3[C@H](C)O[C@@H](OC[C@@H](C(=O)CC/C=C/C=C(\C)[C@@H](OC)[C@@H](C)[C@H]4C[C@H](O)[C@H](/C=C/C=C/C=C/C(=O)O)O4)[C@@]4(O)O[C@@H](/C=C/C=C\CO)C(C)(C)[C@@H](O)[C@H]4OC(=O)Cc4ccccc4)C[C@@H]3OC)C[C@H]2OC)O[C@@H](C)[C@H]1O. The summed E-state index contributed by atoms with van der Waals surface area (Å²) in [7, 11) is 6.23. The average Bonchev–Trinajstić information content (AvgIpc) is 0.934. The number of carboxylic acid groups (broad SMARTS) is 1. The lowest BCUT2D eigenvalue weighted by Crippen LogP contribution is -2.70. The Kier molecular flexibility index (Phi) is 28.5. The number of hydrogen-bond donors (Lipinski definition) is 6. The van der Waals surface area contributed by atoms with Crippen molar-refractivity contribution >= 4 is 17.7 Å². The number of Topliss-reactive ketones (excluding diaryl/α,β-unsaturated/α-hetero) is 1. The van der Waals surface area contributed by atoms with Crippen molar-refractivity contribution in [2.24, 2.45) is 17.3 Å². The van der Waals surface area contributed by atoms with Gasteiger partial charge in [0.15, 0.2) is 25.0 Å². The van der Waals surface area contributed by atoms with Gasteiger partial charge in [0.25, 0.3) is 0 Å². The lowest BCUT2D eigenvalue weighted by molar-refractivity contribution is -0.368. The molecule has 5 aliphatic rings. The van der Waals surface area contributed by atoms with Crippen LogP contribution >= 0.6 is 0 Å². The number of aliphatic hydroxyl groups excluding tert-OH is 4. The molecule has 5 aliphatic heterocycles. The van der Waals surface area contributed by atoms with E-state index in [9.17, 15) is 35.1 Å². The highest BCUT2D eigenvalue weighted by atomic mass is 16.7. The monoisotopic (exact) mass is 1240 g/mol. The summed E-state index contributed by atoms with van der Waals surface area (Å²) >= 11 is 0. The molecule has 0 aliphatic carbocycles. The van der Waals surface area contributed by atoms with Crippen LogP contribution in [-0.4, -0.2) is 212 Å². The highest BCUT2D eigenvalue weighted by Gasteiger charge is 2.63. The normalized spacial score (nSPS) is 36.1. The lowest BCUT2D eigenvalue weighted by Gasteiger charge is -2.54. The first-order chi connectivity index (χ1) is 42.0. The van der Waals surface area contributed by atoms with Crippen molar-refractivity contribution in [3.05, 3.63) is 120 Å². The minimum absolute atomic E-state index is 0.0958. The molecule has 6 N–H and O–H groups in total. The second-order valence-corrected chi connectivity index (χ2v) is 23.8. The molecule has 22 nitrogen and oxygen atoms in total. The summed E-state index contributed by atoms with van der Waals surface area (Å²) in [6.07, 6.45) is 7.03. The minimum Gasteiger partial charge on any atom is -0.478 e. The highest BCUT2D eigenvalue weighted by Crippen LogP contribution is 2.47. The Balaban J connectivity index is 1.20. The molecule has 5 saturated heterocycles. The van der Waals surface area contributed by atoms with Crippen LogP contribution in [0, 0.1) is 17.3 Å². The van der Waals surface area contributed by atoms with Gasteiger partial charge >= 0.3 is 11.9 Å². The van der Waals surface area contributed by atoms with Crippen molar-refractivity contribution in [3.63, 3.8) is 0 Å². The summed E-state index contributed by atoms with van der Waals surface area (Å²) in [4.78, 5) is 39.7. The molecule has 5 fully saturated rings. The molecule has 1 aromatic carbocycles. The quantitative estimate of drug-likeness (QED) is 0.0305. The molecule has 5 heterocycles. The fourth-order valence-electron chi connectivity index (χ4n) is 12.0. The Morgan fingerprint density at radius 2 is 1.34 bits per heavy atom. The van der Waals surface area contributed by atoms with Crippen molar-refractivity contribution in [1.29, 1.82) is 0 Å². The summed E-state index contributed by atoms with van der Waals surface area (Å²) in [6, 6.07) is 8.81. The predicted molar refractivity (Wildman–Crippen MR) is 321 cm³/mol. The largest absolute Gasteiger partial charge is 0.478 e. The van der Waals surface area contributed by atoms with Crippen molar-refractivity contribution < 1.29 is 107 Å². The van der Waals surface area contributed by atoms with Crippen molar-refractivity contribution in [2.75, 3.05) is 41.7 Å². The number of allylic oxidation sites excluding steroid dienone is 9. The van der Waals surface area contributed by atoms with Crippen LogP contribution in [0.15, 0.2) is 115 Å². The predicted octanol–water partition coefficient (Wildman–Crippen LogP) is 5.71. The topological polar surface area (TPSA) is 293 Å². The molecular formula is C66H96O22. The number of carboxylic acids is 1. The highest BCUT2D eigenvalue weighted by molar-refractivity contribution is 5.82. The van der Waals surface area contributed by atoms with Gasteiger partial charge in [-0.05, 0) is 45.3 Å². The lowest BCUT2D eigenvalue weighted by atomic mass is 9.70. The Labute approximate surface area is 517 Å². The molecule has 1 aromatic rings. The zero-order valence-corrected chi connectivity index (χ0v) is 52.6. The van der Waals surface area contributed by atoms with Gasteiger partial charge in [0, 0.05) is 78.0 Å². The van der Waals surface area contributed by atoms with Crippen LogP contribution in [0.3, 0.4) is 0 Å². The van der Waals surface area contributed by atoms with Gasteiger partial charge in [-0.2, -0.15) is 0 Å². The van der Waals surface area contributed by atoms with Gasteiger partial charge in [0.1, 0.15) is 36.3 Å². The molecule has 22 atom stereocenters. The molecule has 88 heavy (non-hydrogen) atoms. The van der Waals surface area contributed by atoms with E-state index in [0.29, 0.717) is 18.4 Å². The van der Waals surface area contributed by atoms with Gasteiger partial charge < -0.3 is 92.2 Å². The van der Waals surface area contributed by atoms with E-state index in [1.807, 2.05) is 26.8 Å². The molecule has 0 spiro atoms. The van der Waals surface area contributed by atoms with Crippen LogP contribution in [0.4, 0.5) is 0 Å². The molecule has 0 unspecified atom stereocenters. The van der Waals surface area contributed by atoms with E-state index in [4.69, 9.17) is 66.7 Å². The van der Waals surface area contributed by atoms with Gasteiger partial charge in [-0.3, -0.25) is 9.59 Å². The first-order valence-electron chi connectivity index (χ1n) is 30.4. The van der Waals surface area contributed by atoms with Crippen LogP contribution in [0.2, 0.25) is 0 Å². The molecule has 0 radical (unpaired) electrons. The molecule has 22 heteroatoms. The second-order valence-electron chi connectivity index (χ2n) is 23.8. The molecule has 0 saturated carbocycles. The van der Waals surface area contributed by atoms with E-state index in [1.54, 1.807) is 127 Å². The smallest absolute Gasteiger partial charge is 0.328 e. The maximum absolute atomic E-state index is 15.0. The number of esters is 1. The van der Waals surface area contributed by atoms with Crippen molar-refractivity contribution in [3.8, 4) is 0 Å². The molecule has 0 bridgehead atoms. The number of hydrogen-bond acceptors (Lipinski definition) is 21. The number of ketones is 1. The zero-order valence-electron chi connectivity index (χ0n) is 52.6. The van der Waals surface area contributed by atoms with Crippen LogP contribution in [0.5, 0.6) is 0 Å². The average molecular weight is 1240 g/mol. The summed E-state index contributed by atoms with van der Waals surface area (Å²) in [5.41, 5.74) is 0.229. The number of aliphatic carboxylic acids is 1. The van der Waals surface area contributed by atoms with Gasteiger partial charge in [-0.15, -0.1) is 0 Å². The van der Waals surface area contributed by atoms with Gasteiger partial charge in [0.2, 0.25) is 5.79 Å². The minimum atomic E-state index is -2.70. The summed E-state index contributed by atoms with van der Waals surface area (Å²) in [5.74, 6) is -6.89. The maximum Gasteiger partial charge on any atom is 0.328 e. The zero-order chi connectivity index (χ0) is 64.3. The standard InChI is InChI=1S/C66H96O22/c1-39(60(79-11)40(2)49-34-47(69)48(84-49)29-21-12-13-23-31-54(70)71)25-17-14-20-28-46(68)45(66(75)64(85-55(72)33-44-26-18-15-19-27-44)63(74)65(6,7)53(88-66)30-22-16-24-32-67)38-80-56-36-51(77-9)61(42(4)82-56)87-58-37-52(78-10)62(43(5)83-58)86-57-35-50(76-8)59(73)41(3)81-57/h12-19,21-27,29-31,40-43,45,47-53,56-64,67,69,73-75H,20,28,32-38H2,1-11H3,(H,70,71)/b13-12+,17-14+,24-16-,29-21+,30-22+,31-23+,39-25+/t40-,41-,42-,43-,45-,47-,48-,49+,50-,51-,52+,53-,56+,57-,58+,59+,60+,61+,62-,63-,64+,66+/m0/s1. The van der Waals surface area contributed by atoms with E-state index in [-0.39, 0.29) is 50.7 Å². The van der Waals surface area contributed by atoms with Crippen molar-refractivity contribution in [1.82, 2.24) is 0 Å². The summed E-state index contributed by atoms with van der Waals surface area (Å²) in [6.45, 7) is 11.9. The van der Waals surface area contributed by atoms with Crippen LogP contribution in [-0.2, 0) is 82.4 Å². The molecule has 0 amide bonds. The van der Waals surface area contributed by atoms with E-state index >= 15 is 4.79 Å².